The first-order valence-corrected chi connectivity index (χ1v) is 16.7. The number of carbonyl (C=O) groups is 4. The van der Waals surface area contributed by atoms with Crippen molar-refractivity contribution in [2.75, 3.05) is 17.7 Å². The zero-order chi connectivity index (χ0) is 32.6. The molecule has 1 aliphatic carbocycles. The van der Waals surface area contributed by atoms with Crippen LogP contribution in [0.1, 0.15) is 62.0 Å². The lowest BCUT2D eigenvalue weighted by Gasteiger charge is -2.14. The molecule has 8 nitrogen and oxygen atoms in total. The van der Waals surface area contributed by atoms with Gasteiger partial charge in [0, 0.05) is 21.0 Å². The third-order valence-corrected chi connectivity index (χ3v) is 9.75. The smallest absolute Gasteiger partial charge is 0.341 e. The van der Waals surface area contributed by atoms with E-state index in [0.29, 0.717) is 21.8 Å². The molecule has 1 heterocycles. The first kappa shape index (κ1) is 32.7. The second-order valence-corrected chi connectivity index (χ2v) is 13.4. The van der Waals surface area contributed by atoms with Gasteiger partial charge in [-0.1, -0.05) is 54.1 Å². The lowest BCUT2D eigenvalue weighted by molar-refractivity contribution is -0.115. The van der Waals surface area contributed by atoms with E-state index in [9.17, 15) is 19.2 Å². The van der Waals surface area contributed by atoms with E-state index in [1.807, 2.05) is 43.3 Å². The molecule has 0 radical (unpaired) electrons. The van der Waals surface area contributed by atoms with Crippen molar-refractivity contribution in [1.82, 2.24) is 5.32 Å². The van der Waals surface area contributed by atoms with Crippen molar-refractivity contribution in [3.05, 3.63) is 117 Å². The predicted molar refractivity (Wildman–Crippen MR) is 184 cm³/mol. The van der Waals surface area contributed by atoms with E-state index in [0.717, 1.165) is 52.1 Å². The van der Waals surface area contributed by atoms with Crippen molar-refractivity contribution in [1.29, 1.82) is 0 Å². The minimum Gasteiger partial charge on any atom is -0.465 e. The number of thioether (sulfide) groups is 1. The van der Waals surface area contributed by atoms with E-state index in [-0.39, 0.29) is 11.6 Å². The number of rotatable bonds is 10. The molecule has 0 saturated heterocycles. The molecule has 0 fully saturated rings. The largest absolute Gasteiger partial charge is 0.465 e. The number of hydrogen-bond acceptors (Lipinski definition) is 7. The van der Waals surface area contributed by atoms with Gasteiger partial charge in [0.15, 0.2) is 0 Å². The van der Waals surface area contributed by atoms with Crippen LogP contribution < -0.4 is 16.0 Å². The fourth-order valence-electron chi connectivity index (χ4n) is 5.16. The fraction of sp³-hybridized carbons (Fsp3) is 0.222. The third-order valence-electron chi connectivity index (χ3n) is 7.45. The Balaban J connectivity index is 1.29. The molecule has 3 aromatic carbocycles. The Kier molecular flexibility index (Phi) is 10.7. The van der Waals surface area contributed by atoms with Gasteiger partial charge in [-0.15, -0.1) is 23.1 Å². The highest BCUT2D eigenvalue weighted by molar-refractivity contribution is 8.00. The first-order chi connectivity index (χ1) is 22.2. The molecule has 236 valence electrons. The van der Waals surface area contributed by atoms with Crippen molar-refractivity contribution >= 4 is 63.6 Å². The van der Waals surface area contributed by atoms with Gasteiger partial charge in [-0.05, 0) is 87.1 Å². The summed E-state index contributed by atoms with van der Waals surface area (Å²) < 4.78 is 5.03. The lowest BCUT2D eigenvalue weighted by atomic mass is 9.95. The molecule has 1 atom stereocenters. The average molecular weight is 654 g/mol. The summed E-state index contributed by atoms with van der Waals surface area (Å²) in [4.78, 5) is 54.2. The van der Waals surface area contributed by atoms with Gasteiger partial charge < -0.3 is 20.7 Å². The van der Waals surface area contributed by atoms with Crippen LogP contribution in [0.15, 0.2) is 89.5 Å². The Morgan fingerprint density at radius 1 is 0.913 bits per heavy atom. The topological polar surface area (TPSA) is 114 Å². The summed E-state index contributed by atoms with van der Waals surface area (Å²) in [6.07, 6.45) is 5.39. The molecule has 3 N–H and O–H groups in total. The number of fused-ring (bicyclic) bond motifs is 1. The number of esters is 1. The number of nitrogens with one attached hydrogen (secondary N) is 3. The number of amides is 3. The highest BCUT2D eigenvalue weighted by Gasteiger charge is 2.28. The maximum atomic E-state index is 13.5. The number of methoxy groups -OCH3 is 1. The average Bonchev–Trinajstić information content (AvgIpc) is 3.42. The molecule has 46 heavy (non-hydrogen) atoms. The number of benzene rings is 3. The van der Waals surface area contributed by atoms with Crippen molar-refractivity contribution in [2.45, 2.75) is 49.7 Å². The van der Waals surface area contributed by atoms with Crippen LogP contribution in [0.3, 0.4) is 0 Å². The van der Waals surface area contributed by atoms with Crippen LogP contribution in [0.2, 0.25) is 0 Å². The van der Waals surface area contributed by atoms with E-state index >= 15 is 0 Å². The van der Waals surface area contributed by atoms with Gasteiger partial charge in [-0.3, -0.25) is 14.4 Å². The quantitative estimate of drug-likeness (QED) is 0.0944. The molecule has 5 rings (SSSR count). The molecule has 1 aromatic heterocycles. The predicted octanol–water partition coefficient (Wildman–Crippen LogP) is 7.25. The normalized spacial score (nSPS) is 13.2. The summed E-state index contributed by atoms with van der Waals surface area (Å²) in [5.74, 6) is -1.57. The molecule has 0 bridgehead atoms. The number of hydrogen-bond donors (Lipinski definition) is 3. The van der Waals surface area contributed by atoms with Crippen LogP contribution in [0, 0.1) is 6.92 Å². The van der Waals surface area contributed by atoms with Crippen LogP contribution in [0.25, 0.3) is 6.08 Å². The van der Waals surface area contributed by atoms with Gasteiger partial charge in [0.05, 0.1) is 17.9 Å². The minimum absolute atomic E-state index is 0.0883. The summed E-state index contributed by atoms with van der Waals surface area (Å²) in [5, 5.41) is 8.64. The number of anilines is 2. The molecule has 1 aliphatic rings. The molecular formula is C36H35N3O5S2. The Morgan fingerprint density at radius 2 is 1.67 bits per heavy atom. The second-order valence-electron chi connectivity index (χ2n) is 10.9. The standard InChI is InChI=1S/C36H35N3O5S2/c1-22-11-9-12-24(19-22)20-29(38-33(41)25-13-5-4-6-14-25)34(42)37-26-15-10-16-27(21-26)45-23(2)32(40)39-35-31(36(43)44-3)28-17-7-8-18-30(28)46-35/h4-6,9-16,19-21,23H,7-8,17-18H2,1-3H3,(H,37,42)(H,38,41)(H,39,40)/b29-20+. The Labute approximate surface area is 276 Å². The van der Waals surface area contributed by atoms with Crippen molar-refractivity contribution in [2.24, 2.45) is 0 Å². The van der Waals surface area contributed by atoms with E-state index < -0.39 is 23.0 Å². The van der Waals surface area contributed by atoms with Gasteiger partial charge in [-0.2, -0.15) is 0 Å². The number of thiophene rings is 1. The zero-order valence-electron chi connectivity index (χ0n) is 25.8. The molecule has 3 amide bonds. The van der Waals surface area contributed by atoms with Crippen LogP contribution in [0.5, 0.6) is 0 Å². The van der Waals surface area contributed by atoms with Crippen molar-refractivity contribution in [3.63, 3.8) is 0 Å². The highest BCUT2D eigenvalue weighted by Crippen LogP contribution is 2.39. The van der Waals surface area contributed by atoms with Gasteiger partial charge in [-0.25, -0.2) is 4.79 Å². The van der Waals surface area contributed by atoms with Crippen LogP contribution in [0.4, 0.5) is 10.7 Å². The molecule has 4 aromatic rings. The number of aryl methyl sites for hydroxylation is 2. The molecular weight excluding hydrogens is 619 g/mol. The van der Waals surface area contributed by atoms with E-state index in [1.54, 1.807) is 55.5 Å². The van der Waals surface area contributed by atoms with Gasteiger partial charge >= 0.3 is 5.97 Å². The minimum atomic E-state index is -0.502. The molecule has 1 unspecified atom stereocenters. The first-order valence-electron chi connectivity index (χ1n) is 15.0. The molecule has 0 saturated carbocycles. The maximum absolute atomic E-state index is 13.5. The Morgan fingerprint density at radius 3 is 2.43 bits per heavy atom. The van der Waals surface area contributed by atoms with E-state index in [4.69, 9.17) is 4.74 Å². The summed E-state index contributed by atoms with van der Waals surface area (Å²) in [5.41, 5.74) is 4.26. The van der Waals surface area contributed by atoms with Crippen LogP contribution in [-0.2, 0) is 27.2 Å². The molecule has 0 aliphatic heterocycles. The van der Waals surface area contributed by atoms with Crippen LogP contribution in [-0.4, -0.2) is 36.1 Å². The number of carbonyl (C=O) groups excluding carboxylic acids is 4. The molecule has 0 spiro atoms. The van der Waals surface area contributed by atoms with Gasteiger partial charge in [0.25, 0.3) is 11.8 Å². The molecule has 10 heteroatoms. The summed E-state index contributed by atoms with van der Waals surface area (Å²) in [6, 6.07) is 23.5. The fourth-order valence-corrected chi connectivity index (χ4v) is 7.36. The lowest BCUT2D eigenvalue weighted by Crippen LogP contribution is -2.30. The monoisotopic (exact) mass is 653 g/mol. The third kappa shape index (κ3) is 8.13. The number of ether oxygens (including phenoxy) is 1. The van der Waals surface area contributed by atoms with E-state index in [2.05, 4.69) is 16.0 Å². The second kappa shape index (κ2) is 15.1. The SMILES string of the molecule is COC(=O)c1c(NC(=O)C(C)Sc2cccc(NC(=O)/C(=C\c3cccc(C)c3)NC(=O)c3ccccc3)c2)sc2c1CCCC2. The van der Waals surface area contributed by atoms with Crippen molar-refractivity contribution in [3.8, 4) is 0 Å². The van der Waals surface area contributed by atoms with Gasteiger partial charge in [0.2, 0.25) is 5.91 Å². The summed E-state index contributed by atoms with van der Waals surface area (Å²) in [7, 11) is 1.35. The Hall–Kier alpha value is -4.67. The van der Waals surface area contributed by atoms with Crippen molar-refractivity contribution < 1.29 is 23.9 Å². The highest BCUT2D eigenvalue weighted by atomic mass is 32.2. The Bertz CT molecular complexity index is 1800. The summed E-state index contributed by atoms with van der Waals surface area (Å²) >= 11 is 2.78. The summed E-state index contributed by atoms with van der Waals surface area (Å²) in [6.45, 7) is 3.74. The zero-order valence-corrected chi connectivity index (χ0v) is 27.5. The van der Waals surface area contributed by atoms with E-state index in [1.165, 1.54) is 30.2 Å². The van der Waals surface area contributed by atoms with Gasteiger partial charge in [0.1, 0.15) is 10.7 Å². The maximum Gasteiger partial charge on any atom is 0.341 e. The van der Waals surface area contributed by atoms with Crippen LogP contribution >= 0.6 is 23.1 Å².